The number of halogens is 2. The van der Waals surface area contributed by atoms with Crippen LogP contribution in [0.2, 0.25) is 5.02 Å². The summed E-state index contributed by atoms with van der Waals surface area (Å²) >= 11 is 5.85. The van der Waals surface area contributed by atoms with E-state index >= 15 is 0 Å². The highest BCUT2D eigenvalue weighted by Crippen LogP contribution is 2.18. The van der Waals surface area contributed by atoms with Crippen molar-refractivity contribution in [2.45, 2.75) is 13.0 Å². The number of nitrogens with one attached hydrogen (secondary N) is 2. The quantitative estimate of drug-likeness (QED) is 0.608. The molecule has 0 saturated carbocycles. The zero-order chi connectivity index (χ0) is 20.1. The van der Waals surface area contributed by atoms with Crippen LogP contribution >= 0.6 is 11.6 Å². The molecule has 3 aromatic rings. The Kier molecular flexibility index (Phi) is 5.95. The summed E-state index contributed by atoms with van der Waals surface area (Å²) in [4.78, 5) is 35.4. The summed E-state index contributed by atoms with van der Waals surface area (Å²) in [5.41, 5.74) is 5.16. The first-order valence-electron chi connectivity index (χ1n) is 8.18. The zero-order valence-electron chi connectivity index (χ0n) is 14.4. The minimum atomic E-state index is -0.669. The third-order valence-corrected chi connectivity index (χ3v) is 3.96. The van der Waals surface area contributed by atoms with Gasteiger partial charge in [-0.3, -0.25) is 25.0 Å². The molecule has 1 aromatic heterocycles. The lowest BCUT2D eigenvalue weighted by atomic mass is 10.3. The molecule has 8 nitrogen and oxygen atoms in total. The van der Waals surface area contributed by atoms with Crippen LogP contribution < -0.4 is 21.3 Å². The van der Waals surface area contributed by atoms with Gasteiger partial charge in [-0.05, 0) is 24.3 Å². The molecular formula is C18H15ClFN3O5. The summed E-state index contributed by atoms with van der Waals surface area (Å²) in [5.74, 6) is -2.49. The number of oxazole rings is 1. The molecule has 28 heavy (non-hydrogen) atoms. The Bertz CT molecular complexity index is 1080. The third-order valence-electron chi connectivity index (χ3n) is 3.73. The van der Waals surface area contributed by atoms with Crippen LogP contribution in [0.1, 0.15) is 6.42 Å². The number of rotatable bonds is 6. The second kappa shape index (κ2) is 8.57. The minimum Gasteiger partial charge on any atom is -0.481 e. The van der Waals surface area contributed by atoms with E-state index in [2.05, 4.69) is 10.9 Å². The van der Waals surface area contributed by atoms with E-state index in [0.717, 1.165) is 0 Å². The van der Waals surface area contributed by atoms with E-state index < -0.39 is 30.0 Å². The first-order valence-corrected chi connectivity index (χ1v) is 8.56. The molecule has 0 bridgehead atoms. The van der Waals surface area contributed by atoms with Gasteiger partial charge in [-0.15, -0.1) is 0 Å². The van der Waals surface area contributed by atoms with Crippen molar-refractivity contribution in [3.05, 3.63) is 63.9 Å². The number of hydrogen-bond acceptors (Lipinski definition) is 5. The highest BCUT2D eigenvalue weighted by atomic mass is 35.5. The average Bonchev–Trinajstić information content (AvgIpc) is 2.98. The highest BCUT2D eigenvalue weighted by molar-refractivity contribution is 6.31. The zero-order valence-corrected chi connectivity index (χ0v) is 15.2. The lowest BCUT2D eigenvalue weighted by Crippen LogP contribution is -2.44. The van der Waals surface area contributed by atoms with E-state index in [-0.39, 0.29) is 18.7 Å². The lowest BCUT2D eigenvalue weighted by molar-refractivity contribution is -0.130. The number of aryl methyl sites for hydroxylation is 1. The van der Waals surface area contributed by atoms with Crippen LogP contribution in [0.5, 0.6) is 5.75 Å². The SMILES string of the molecule is O=C(CCn1c(=O)oc2cc(Cl)ccc21)NNC(=O)COc1ccccc1F. The largest absolute Gasteiger partial charge is 0.481 e. The van der Waals surface area contributed by atoms with Gasteiger partial charge in [0.1, 0.15) is 0 Å². The monoisotopic (exact) mass is 407 g/mol. The molecule has 0 fully saturated rings. The van der Waals surface area contributed by atoms with E-state index in [4.69, 9.17) is 20.8 Å². The molecular weight excluding hydrogens is 393 g/mol. The van der Waals surface area contributed by atoms with Crippen LogP contribution in [-0.4, -0.2) is 23.0 Å². The van der Waals surface area contributed by atoms with Crippen LogP contribution in [0.3, 0.4) is 0 Å². The molecule has 2 N–H and O–H groups in total. The normalized spacial score (nSPS) is 10.6. The number of aromatic nitrogens is 1. The molecule has 0 unspecified atom stereocenters. The van der Waals surface area contributed by atoms with Gasteiger partial charge in [0.05, 0.1) is 5.52 Å². The smallest absolute Gasteiger partial charge is 0.419 e. The first kappa shape index (κ1) is 19.4. The van der Waals surface area contributed by atoms with Crippen molar-refractivity contribution >= 4 is 34.5 Å². The minimum absolute atomic E-state index is 0.0426. The number of para-hydroxylation sites is 1. The number of ether oxygens (including phenoxy) is 1. The van der Waals surface area contributed by atoms with E-state index in [9.17, 15) is 18.8 Å². The van der Waals surface area contributed by atoms with Gasteiger partial charge >= 0.3 is 5.76 Å². The summed E-state index contributed by atoms with van der Waals surface area (Å²) in [6.45, 7) is -0.436. The second-order valence-electron chi connectivity index (χ2n) is 5.70. The maximum atomic E-state index is 13.4. The number of nitrogens with zero attached hydrogens (tertiary/aromatic N) is 1. The van der Waals surface area contributed by atoms with Crippen molar-refractivity contribution in [1.29, 1.82) is 0 Å². The van der Waals surface area contributed by atoms with Crippen molar-refractivity contribution in [1.82, 2.24) is 15.4 Å². The fraction of sp³-hybridized carbons (Fsp3) is 0.167. The number of carbonyl (C=O) groups excluding carboxylic acids is 2. The number of fused-ring (bicyclic) bond motifs is 1. The molecule has 10 heteroatoms. The van der Waals surface area contributed by atoms with Crippen molar-refractivity contribution in [2.24, 2.45) is 0 Å². The predicted molar refractivity (Wildman–Crippen MR) is 98.3 cm³/mol. The molecule has 0 saturated heterocycles. The van der Waals surface area contributed by atoms with Crippen LogP contribution in [-0.2, 0) is 16.1 Å². The second-order valence-corrected chi connectivity index (χ2v) is 6.13. The van der Waals surface area contributed by atoms with E-state index in [1.54, 1.807) is 18.2 Å². The van der Waals surface area contributed by atoms with Gasteiger partial charge in [-0.25, -0.2) is 9.18 Å². The molecule has 0 aliphatic carbocycles. The van der Waals surface area contributed by atoms with Gasteiger partial charge in [0.2, 0.25) is 5.91 Å². The number of benzene rings is 2. The maximum Gasteiger partial charge on any atom is 0.419 e. The van der Waals surface area contributed by atoms with Gasteiger partial charge < -0.3 is 9.15 Å². The van der Waals surface area contributed by atoms with Crippen molar-refractivity contribution in [3.63, 3.8) is 0 Å². The fourth-order valence-electron chi connectivity index (χ4n) is 2.41. The standard InChI is InChI=1S/C18H15ClFN3O5/c19-11-5-6-13-15(9-11)28-18(26)23(13)8-7-16(24)21-22-17(25)10-27-14-4-2-1-3-12(14)20/h1-6,9H,7-8,10H2,(H,21,24)(H,22,25). The fourth-order valence-corrected chi connectivity index (χ4v) is 2.57. The average molecular weight is 408 g/mol. The first-order chi connectivity index (χ1) is 13.4. The highest BCUT2D eigenvalue weighted by Gasteiger charge is 2.12. The number of amides is 2. The molecule has 0 atom stereocenters. The van der Waals surface area contributed by atoms with E-state index in [1.165, 1.54) is 28.8 Å². The summed E-state index contributed by atoms with van der Waals surface area (Å²) in [5, 5.41) is 0.423. The number of hydrazine groups is 1. The van der Waals surface area contributed by atoms with Crippen LogP contribution in [0.25, 0.3) is 11.1 Å². The van der Waals surface area contributed by atoms with Crippen LogP contribution in [0, 0.1) is 5.82 Å². The Morgan fingerprint density at radius 2 is 1.89 bits per heavy atom. The van der Waals surface area contributed by atoms with Gasteiger partial charge in [0.15, 0.2) is 23.8 Å². The lowest BCUT2D eigenvalue weighted by Gasteiger charge is -2.09. The third kappa shape index (κ3) is 4.68. The molecule has 0 aliphatic heterocycles. The topological polar surface area (TPSA) is 103 Å². The Balaban J connectivity index is 1.47. The van der Waals surface area contributed by atoms with Gasteiger partial charge in [0, 0.05) is 24.1 Å². The van der Waals surface area contributed by atoms with E-state index in [1.807, 2.05) is 0 Å². The van der Waals surface area contributed by atoms with Crippen molar-refractivity contribution in [3.8, 4) is 5.75 Å². The van der Waals surface area contributed by atoms with Crippen molar-refractivity contribution in [2.75, 3.05) is 6.61 Å². The van der Waals surface area contributed by atoms with Gasteiger partial charge in [0.25, 0.3) is 5.91 Å². The number of hydrogen-bond donors (Lipinski definition) is 2. The van der Waals surface area contributed by atoms with Gasteiger partial charge in [-0.1, -0.05) is 23.7 Å². The molecule has 146 valence electrons. The van der Waals surface area contributed by atoms with E-state index in [0.29, 0.717) is 16.1 Å². The summed E-state index contributed by atoms with van der Waals surface area (Å²) in [7, 11) is 0. The molecule has 0 radical (unpaired) electrons. The molecule has 0 aliphatic rings. The van der Waals surface area contributed by atoms with Gasteiger partial charge in [-0.2, -0.15) is 0 Å². The Labute approximate surface area is 162 Å². The molecule has 2 amide bonds. The van der Waals surface area contributed by atoms with Crippen molar-refractivity contribution < 1.29 is 23.1 Å². The Hall–Kier alpha value is -3.33. The Morgan fingerprint density at radius 3 is 2.68 bits per heavy atom. The number of carbonyl (C=O) groups is 2. The van der Waals surface area contributed by atoms with Crippen LogP contribution in [0.4, 0.5) is 4.39 Å². The molecule has 2 aromatic carbocycles. The molecule has 3 rings (SSSR count). The molecule has 0 spiro atoms. The van der Waals surface area contributed by atoms with Crippen LogP contribution in [0.15, 0.2) is 51.7 Å². The summed E-state index contributed by atoms with van der Waals surface area (Å²) in [6.07, 6.45) is -0.0916. The predicted octanol–water partition coefficient (Wildman–Crippen LogP) is 2.00. The summed E-state index contributed by atoms with van der Waals surface area (Å²) < 4.78 is 24.8. The Morgan fingerprint density at radius 1 is 1.14 bits per heavy atom. The summed E-state index contributed by atoms with van der Waals surface area (Å²) in [6, 6.07) is 10.4. The molecule has 1 heterocycles. The maximum absolute atomic E-state index is 13.4.